The summed E-state index contributed by atoms with van der Waals surface area (Å²) in [7, 11) is 5.15. The van der Waals surface area contributed by atoms with Crippen molar-refractivity contribution in [3.8, 4) is 11.5 Å². The summed E-state index contributed by atoms with van der Waals surface area (Å²) < 4.78 is 11.0. The van der Waals surface area contributed by atoms with E-state index in [1.54, 1.807) is 19.1 Å². The maximum absolute atomic E-state index is 12.1. The highest BCUT2D eigenvalue weighted by molar-refractivity contribution is 5.86. The maximum atomic E-state index is 12.1. The zero-order valence-corrected chi connectivity index (χ0v) is 16.9. The van der Waals surface area contributed by atoms with Crippen molar-refractivity contribution < 1.29 is 14.3 Å². The van der Waals surface area contributed by atoms with Crippen molar-refractivity contribution >= 4 is 11.9 Å². The number of nitrogens with one attached hydrogen (secondary N) is 2. The van der Waals surface area contributed by atoms with Gasteiger partial charge in [0, 0.05) is 19.6 Å². The Bertz CT molecular complexity index is 594. The number of likely N-dealkylation sites (N-methyl/N-ethyl adjacent to an activating group) is 1. The van der Waals surface area contributed by atoms with E-state index in [0.717, 1.165) is 11.5 Å². The third kappa shape index (κ3) is 8.09. The van der Waals surface area contributed by atoms with Gasteiger partial charge in [-0.2, -0.15) is 0 Å². The van der Waals surface area contributed by atoms with Gasteiger partial charge < -0.3 is 25.0 Å². The zero-order valence-electron chi connectivity index (χ0n) is 16.9. The highest BCUT2D eigenvalue weighted by atomic mass is 16.5. The molecule has 0 aliphatic rings. The summed E-state index contributed by atoms with van der Waals surface area (Å²) in [6.07, 6.45) is -0.0723. The molecule has 0 aliphatic heterocycles. The first-order valence-electron chi connectivity index (χ1n) is 8.68. The van der Waals surface area contributed by atoms with Gasteiger partial charge in [-0.25, -0.2) is 0 Å². The number of hydrogen-bond acceptors (Lipinski definition) is 4. The number of carbonyl (C=O) groups excluding carboxylic acids is 1. The van der Waals surface area contributed by atoms with Gasteiger partial charge in [-0.3, -0.25) is 9.79 Å². The van der Waals surface area contributed by atoms with E-state index in [1.165, 1.54) is 0 Å². The molecule has 1 rings (SSSR count). The summed E-state index contributed by atoms with van der Waals surface area (Å²) in [4.78, 5) is 18.0. The standard InChI is InChI=1S/C19H32N4O3/c1-14(26-16-10-8-15(25-7)9-11-16)12-21-18(20-5)23(6)13-17(24)22-19(2,3)4/h8-11,14H,12-13H2,1-7H3,(H,20,21)(H,22,24). The Kier molecular flexibility index (Phi) is 8.22. The van der Waals surface area contributed by atoms with Gasteiger partial charge in [0.2, 0.25) is 5.91 Å². The second-order valence-corrected chi connectivity index (χ2v) is 7.19. The molecule has 0 saturated heterocycles. The van der Waals surface area contributed by atoms with E-state index < -0.39 is 0 Å². The summed E-state index contributed by atoms with van der Waals surface area (Å²) in [5, 5.41) is 6.16. The van der Waals surface area contributed by atoms with Crippen LogP contribution in [0.2, 0.25) is 0 Å². The summed E-state index contributed by atoms with van der Waals surface area (Å²) >= 11 is 0. The van der Waals surface area contributed by atoms with Crippen molar-refractivity contribution in [1.29, 1.82) is 0 Å². The third-order valence-electron chi connectivity index (χ3n) is 3.41. The Labute approximate surface area is 156 Å². The maximum Gasteiger partial charge on any atom is 0.240 e. The highest BCUT2D eigenvalue weighted by Gasteiger charge is 2.17. The molecule has 0 radical (unpaired) electrons. The van der Waals surface area contributed by atoms with Gasteiger partial charge in [-0.1, -0.05) is 0 Å². The Hall–Kier alpha value is -2.44. The molecule has 0 bridgehead atoms. The van der Waals surface area contributed by atoms with Crippen LogP contribution >= 0.6 is 0 Å². The van der Waals surface area contributed by atoms with Crippen LogP contribution in [0.15, 0.2) is 29.3 Å². The zero-order chi connectivity index (χ0) is 19.7. The van der Waals surface area contributed by atoms with Crippen LogP contribution in [-0.2, 0) is 4.79 Å². The van der Waals surface area contributed by atoms with Crippen molar-refractivity contribution in [2.24, 2.45) is 4.99 Å². The molecule has 0 aliphatic carbocycles. The molecule has 0 heterocycles. The van der Waals surface area contributed by atoms with Crippen LogP contribution in [0.3, 0.4) is 0 Å². The Morgan fingerprint density at radius 1 is 1.23 bits per heavy atom. The van der Waals surface area contributed by atoms with Gasteiger partial charge in [-0.15, -0.1) is 0 Å². The Morgan fingerprint density at radius 3 is 2.31 bits per heavy atom. The monoisotopic (exact) mass is 364 g/mol. The number of amides is 1. The van der Waals surface area contributed by atoms with Gasteiger partial charge >= 0.3 is 0 Å². The van der Waals surface area contributed by atoms with Crippen LogP contribution in [0.25, 0.3) is 0 Å². The first-order valence-corrected chi connectivity index (χ1v) is 8.68. The van der Waals surface area contributed by atoms with Crippen LogP contribution in [0.1, 0.15) is 27.7 Å². The van der Waals surface area contributed by atoms with E-state index >= 15 is 0 Å². The molecule has 1 atom stereocenters. The predicted molar refractivity (Wildman–Crippen MR) is 105 cm³/mol. The minimum absolute atomic E-state index is 0.0505. The molecule has 1 aromatic rings. The molecule has 146 valence electrons. The molecule has 0 saturated carbocycles. The summed E-state index contributed by atoms with van der Waals surface area (Å²) in [5.41, 5.74) is -0.254. The second kappa shape index (κ2) is 9.89. The Balaban J connectivity index is 2.47. The van der Waals surface area contributed by atoms with Crippen molar-refractivity contribution in [3.63, 3.8) is 0 Å². The smallest absolute Gasteiger partial charge is 0.240 e. The molecule has 1 amide bonds. The van der Waals surface area contributed by atoms with Gasteiger partial charge in [-0.05, 0) is 52.0 Å². The van der Waals surface area contributed by atoms with Crippen LogP contribution in [0, 0.1) is 0 Å². The van der Waals surface area contributed by atoms with Gasteiger partial charge in [0.1, 0.15) is 17.6 Å². The SMILES string of the molecule is CN=C(NCC(C)Oc1ccc(OC)cc1)N(C)CC(=O)NC(C)(C)C. The third-order valence-corrected chi connectivity index (χ3v) is 3.41. The van der Waals surface area contributed by atoms with Crippen molar-refractivity contribution in [2.45, 2.75) is 39.3 Å². The molecule has 1 unspecified atom stereocenters. The Morgan fingerprint density at radius 2 is 1.81 bits per heavy atom. The number of ether oxygens (including phenoxy) is 2. The fraction of sp³-hybridized carbons (Fsp3) is 0.579. The number of methoxy groups -OCH3 is 1. The lowest BCUT2D eigenvalue weighted by Gasteiger charge is -2.26. The van der Waals surface area contributed by atoms with Gasteiger partial charge in [0.25, 0.3) is 0 Å². The molecular formula is C19H32N4O3. The fourth-order valence-electron chi connectivity index (χ4n) is 2.30. The molecule has 0 spiro atoms. The number of guanidine groups is 1. The quantitative estimate of drug-likeness (QED) is 0.571. The number of hydrogen-bond donors (Lipinski definition) is 2. The van der Waals surface area contributed by atoms with Crippen LogP contribution in [0.5, 0.6) is 11.5 Å². The van der Waals surface area contributed by atoms with Gasteiger partial charge in [0.15, 0.2) is 5.96 Å². The molecule has 7 nitrogen and oxygen atoms in total. The first kappa shape index (κ1) is 21.6. The van der Waals surface area contributed by atoms with Crippen molar-refractivity contribution in [2.75, 3.05) is 34.3 Å². The summed E-state index contributed by atoms with van der Waals surface area (Å²) in [6.45, 7) is 8.62. The average molecular weight is 364 g/mol. The highest BCUT2D eigenvalue weighted by Crippen LogP contribution is 2.17. The van der Waals surface area contributed by atoms with Crippen LogP contribution < -0.4 is 20.1 Å². The fourth-order valence-corrected chi connectivity index (χ4v) is 2.30. The molecule has 1 aromatic carbocycles. The number of rotatable bonds is 7. The van der Waals surface area contributed by atoms with Crippen molar-refractivity contribution in [1.82, 2.24) is 15.5 Å². The van der Waals surface area contributed by atoms with E-state index in [-0.39, 0.29) is 24.1 Å². The van der Waals surface area contributed by atoms with Gasteiger partial charge in [0.05, 0.1) is 20.2 Å². The topological polar surface area (TPSA) is 75.2 Å². The lowest BCUT2D eigenvalue weighted by atomic mass is 10.1. The lowest BCUT2D eigenvalue weighted by Crippen LogP contribution is -2.49. The summed E-state index contributed by atoms with van der Waals surface area (Å²) in [6, 6.07) is 7.45. The lowest BCUT2D eigenvalue weighted by molar-refractivity contribution is -0.122. The first-order chi connectivity index (χ1) is 12.1. The second-order valence-electron chi connectivity index (χ2n) is 7.19. The average Bonchev–Trinajstić information content (AvgIpc) is 2.54. The van der Waals surface area contributed by atoms with E-state index in [0.29, 0.717) is 12.5 Å². The van der Waals surface area contributed by atoms with E-state index in [1.807, 2.05) is 59.0 Å². The minimum atomic E-state index is -0.254. The molecule has 2 N–H and O–H groups in total. The number of carbonyl (C=O) groups is 1. The molecule has 0 aromatic heterocycles. The number of nitrogens with zero attached hydrogens (tertiary/aromatic N) is 2. The van der Waals surface area contributed by atoms with Crippen LogP contribution in [-0.4, -0.2) is 62.7 Å². The molecule has 26 heavy (non-hydrogen) atoms. The number of aliphatic imine (C=N–C) groups is 1. The number of benzene rings is 1. The predicted octanol–water partition coefficient (Wildman–Crippen LogP) is 1.88. The van der Waals surface area contributed by atoms with E-state index in [9.17, 15) is 4.79 Å². The summed E-state index contributed by atoms with van der Waals surface area (Å²) in [5.74, 6) is 2.15. The van der Waals surface area contributed by atoms with E-state index in [2.05, 4.69) is 15.6 Å². The van der Waals surface area contributed by atoms with E-state index in [4.69, 9.17) is 9.47 Å². The van der Waals surface area contributed by atoms with Crippen molar-refractivity contribution in [3.05, 3.63) is 24.3 Å². The largest absolute Gasteiger partial charge is 0.497 e. The molecular weight excluding hydrogens is 332 g/mol. The van der Waals surface area contributed by atoms with Crippen LogP contribution in [0.4, 0.5) is 0 Å². The normalized spacial score (nSPS) is 13.0. The molecule has 7 heteroatoms. The molecule has 0 fully saturated rings. The minimum Gasteiger partial charge on any atom is -0.497 e.